The Morgan fingerprint density at radius 1 is 1.37 bits per heavy atom. The molecule has 1 unspecified atom stereocenters. The van der Waals surface area contributed by atoms with Crippen LogP contribution in [0.2, 0.25) is 0 Å². The minimum absolute atomic E-state index is 0.0482. The molecule has 0 aromatic heterocycles. The maximum absolute atomic E-state index is 11.1. The summed E-state index contributed by atoms with van der Waals surface area (Å²) >= 11 is 0. The molecule has 1 aliphatic rings. The molecule has 1 aromatic rings. The van der Waals surface area contributed by atoms with Crippen LogP contribution >= 0.6 is 0 Å². The second-order valence-electron chi connectivity index (χ2n) is 4.99. The van der Waals surface area contributed by atoms with Gasteiger partial charge in [-0.2, -0.15) is 0 Å². The van der Waals surface area contributed by atoms with Crippen LogP contribution in [0, 0.1) is 0 Å². The molecule has 4 nitrogen and oxygen atoms in total. The Hall–Kier alpha value is -1.55. The van der Waals surface area contributed by atoms with E-state index in [4.69, 9.17) is 9.84 Å². The fourth-order valence-electron chi connectivity index (χ4n) is 2.70. The summed E-state index contributed by atoms with van der Waals surface area (Å²) in [5.41, 5.74) is 1.03. The summed E-state index contributed by atoms with van der Waals surface area (Å²) in [5, 5.41) is 9.14. The Labute approximate surface area is 114 Å². The lowest BCUT2D eigenvalue weighted by molar-refractivity contribution is -0.138. The third-order valence-electron chi connectivity index (χ3n) is 3.68. The van der Waals surface area contributed by atoms with E-state index < -0.39 is 5.97 Å². The predicted octanol–water partition coefficient (Wildman–Crippen LogP) is 2.70. The molecule has 0 amide bonds. The standard InChI is InChI=1S/C15H21NO3/c1-19-13-7-5-6-12(10-13)14(11-15(17)18)16-8-3-2-4-9-16/h5-7,10,14H,2-4,8-9,11H2,1H3,(H,17,18). The SMILES string of the molecule is COc1cccc(C(CC(=O)O)N2CCCCC2)c1. The van der Waals surface area contributed by atoms with E-state index in [-0.39, 0.29) is 12.5 Å². The van der Waals surface area contributed by atoms with E-state index >= 15 is 0 Å². The van der Waals surface area contributed by atoms with Gasteiger partial charge in [-0.05, 0) is 43.6 Å². The van der Waals surface area contributed by atoms with E-state index in [2.05, 4.69) is 4.90 Å². The van der Waals surface area contributed by atoms with E-state index in [0.717, 1.165) is 37.2 Å². The van der Waals surface area contributed by atoms with E-state index in [1.165, 1.54) is 6.42 Å². The maximum atomic E-state index is 11.1. The summed E-state index contributed by atoms with van der Waals surface area (Å²) in [7, 11) is 1.63. The molecule has 0 bridgehead atoms. The first-order chi connectivity index (χ1) is 9.20. The van der Waals surface area contributed by atoms with Gasteiger partial charge in [0.05, 0.1) is 13.5 Å². The molecular formula is C15H21NO3. The van der Waals surface area contributed by atoms with Crippen molar-refractivity contribution in [1.82, 2.24) is 4.90 Å². The van der Waals surface area contributed by atoms with Crippen LogP contribution in [0.5, 0.6) is 5.75 Å². The first-order valence-electron chi connectivity index (χ1n) is 6.80. The number of piperidine rings is 1. The number of ether oxygens (including phenoxy) is 1. The molecule has 104 valence electrons. The van der Waals surface area contributed by atoms with E-state index in [1.54, 1.807) is 7.11 Å². The molecule has 1 atom stereocenters. The largest absolute Gasteiger partial charge is 0.497 e. The van der Waals surface area contributed by atoms with Gasteiger partial charge in [-0.1, -0.05) is 18.6 Å². The molecular weight excluding hydrogens is 242 g/mol. The number of nitrogens with zero attached hydrogens (tertiary/aromatic N) is 1. The van der Waals surface area contributed by atoms with Crippen LogP contribution in [0.4, 0.5) is 0 Å². The number of benzene rings is 1. The Kier molecular flexibility index (Phi) is 4.80. The van der Waals surface area contributed by atoms with Crippen LogP contribution in [-0.2, 0) is 4.79 Å². The third-order valence-corrected chi connectivity index (χ3v) is 3.68. The number of aliphatic carboxylic acids is 1. The van der Waals surface area contributed by atoms with Gasteiger partial charge >= 0.3 is 5.97 Å². The Bertz CT molecular complexity index is 427. The maximum Gasteiger partial charge on any atom is 0.305 e. The Morgan fingerprint density at radius 2 is 2.11 bits per heavy atom. The molecule has 19 heavy (non-hydrogen) atoms. The van der Waals surface area contributed by atoms with Crippen molar-refractivity contribution >= 4 is 5.97 Å². The number of hydrogen-bond donors (Lipinski definition) is 1. The van der Waals surface area contributed by atoms with Crippen LogP contribution in [0.25, 0.3) is 0 Å². The van der Waals surface area contributed by atoms with Gasteiger partial charge < -0.3 is 9.84 Å². The average molecular weight is 263 g/mol. The number of methoxy groups -OCH3 is 1. The normalized spacial score (nSPS) is 17.9. The summed E-state index contributed by atoms with van der Waals surface area (Å²) in [4.78, 5) is 13.4. The summed E-state index contributed by atoms with van der Waals surface area (Å²) in [6.07, 6.45) is 3.70. The molecule has 0 radical (unpaired) electrons. The van der Waals surface area contributed by atoms with Gasteiger partial charge in [0.25, 0.3) is 0 Å². The van der Waals surface area contributed by atoms with Crippen LogP contribution in [0.1, 0.15) is 37.3 Å². The van der Waals surface area contributed by atoms with Gasteiger partial charge in [-0.25, -0.2) is 0 Å². The summed E-state index contributed by atoms with van der Waals surface area (Å²) < 4.78 is 5.23. The summed E-state index contributed by atoms with van der Waals surface area (Å²) in [6, 6.07) is 7.70. The van der Waals surface area contributed by atoms with E-state index in [0.29, 0.717) is 0 Å². The van der Waals surface area contributed by atoms with Crippen molar-refractivity contribution in [2.75, 3.05) is 20.2 Å². The van der Waals surface area contributed by atoms with Gasteiger partial charge in [0.1, 0.15) is 5.75 Å². The first kappa shape index (κ1) is 13.9. The monoisotopic (exact) mass is 263 g/mol. The van der Waals surface area contributed by atoms with Crippen molar-refractivity contribution in [2.24, 2.45) is 0 Å². The quantitative estimate of drug-likeness (QED) is 0.887. The van der Waals surface area contributed by atoms with Crippen molar-refractivity contribution in [3.05, 3.63) is 29.8 Å². The zero-order chi connectivity index (χ0) is 13.7. The van der Waals surface area contributed by atoms with Crippen molar-refractivity contribution in [1.29, 1.82) is 0 Å². The van der Waals surface area contributed by atoms with Gasteiger partial charge in [0.2, 0.25) is 0 Å². The molecule has 4 heteroatoms. The lowest BCUT2D eigenvalue weighted by Crippen LogP contribution is -2.34. The molecule has 0 aliphatic carbocycles. The number of carboxylic acid groups (broad SMARTS) is 1. The Balaban J connectivity index is 2.21. The molecule has 1 aromatic carbocycles. The van der Waals surface area contributed by atoms with Crippen LogP contribution in [0.3, 0.4) is 0 Å². The fraction of sp³-hybridized carbons (Fsp3) is 0.533. The van der Waals surface area contributed by atoms with Gasteiger partial charge in [0, 0.05) is 6.04 Å². The number of rotatable bonds is 5. The lowest BCUT2D eigenvalue weighted by atomic mass is 9.99. The zero-order valence-corrected chi connectivity index (χ0v) is 11.3. The molecule has 1 saturated heterocycles. The highest BCUT2D eigenvalue weighted by atomic mass is 16.5. The second-order valence-corrected chi connectivity index (χ2v) is 4.99. The molecule has 1 N–H and O–H groups in total. The van der Waals surface area contributed by atoms with Crippen LogP contribution < -0.4 is 4.74 Å². The second kappa shape index (κ2) is 6.57. The highest BCUT2D eigenvalue weighted by Crippen LogP contribution is 2.29. The lowest BCUT2D eigenvalue weighted by Gasteiger charge is -2.34. The van der Waals surface area contributed by atoms with E-state index in [9.17, 15) is 4.79 Å². The highest BCUT2D eigenvalue weighted by Gasteiger charge is 2.24. The van der Waals surface area contributed by atoms with Crippen LogP contribution in [0.15, 0.2) is 24.3 Å². The topological polar surface area (TPSA) is 49.8 Å². The minimum Gasteiger partial charge on any atom is -0.497 e. The summed E-state index contributed by atoms with van der Waals surface area (Å²) in [5.74, 6) is 0.0308. The fourth-order valence-corrected chi connectivity index (χ4v) is 2.70. The highest BCUT2D eigenvalue weighted by molar-refractivity contribution is 5.68. The number of hydrogen-bond acceptors (Lipinski definition) is 3. The zero-order valence-electron chi connectivity index (χ0n) is 11.3. The smallest absolute Gasteiger partial charge is 0.305 e. The average Bonchev–Trinajstić information content (AvgIpc) is 2.45. The third kappa shape index (κ3) is 3.70. The first-order valence-corrected chi connectivity index (χ1v) is 6.80. The van der Waals surface area contributed by atoms with Crippen molar-refractivity contribution in [3.63, 3.8) is 0 Å². The summed E-state index contributed by atoms with van der Waals surface area (Å²) in [6.45, 7) is 1.96. The predicted molar refractivity (Wildman–Crippen MR) is 73.4 cm³/mol. The number of carboxylic acids is 1. The molecule has 0 spiro atoms. The number of carbonyl (C=O) groups is 1. The molecule has 1 aliphatic heterocycles. The minimum atomic E-state index is -0.751. The molecule has 1 fully saturated rings. The van der Waals surface area contributed by atoms with Crippen LogP contribution in [-0.4, -0.2) is 36.2 Å². The van der Waals surface area contributed by atoms with Gasteiger partial charge in [-0.3, -0.25) is 9.69 Å². The van der Waals surface area contributed by atoms with Gasteiger partial charge in [-0.15, -0.1) is 0 Å². The molecule has 1 heterocycles. The van der Waals surface area contributed by atoms with Crippen molar-refractivity contribution in [2.45, 2.75) is 31.7 Å². The van der Waals surface area contributed by atoms with Crippen molar-refractivity contribution < 1.29 is 14.6 Å². The van der Waals surface area contributed by atoms with Crippen molar-refractivity contribution in [3.8, 4) is 5.75 Å². The Morgan fingerprint density at radius 3 is 2.74 bits per heavy atom. The molecule has 2 rings (SSSR count). The molecule has 0 saturated carbocycles. The van der Waals surface area contributed by atoms with E-state index in [1.807, 2.05) is 24.3 Å². The van der Waals surface area contributed by atoms with Gasteiger partial charge in [0.15, 0.2) is 0 Å². The number of likely N-dealkylation sites (tertiary alicyclic amines) is 1.